The van der Waals surface area contributed by atoms with Gasteiger partial charge in [-0.25, -0.2) is 0 Å². The number of nitrogens with one attached hydrogen (secondary N) is 1. The SMILES string of the molecule is CCn1nc(C)cc1CC(C)(C)CCNC. The summed E-state index contributed by atoms with van der Waals surface area (Å²) in [6, 6.07) is 2.21. The average Bonchev–Trinajstić information content (AvgIpc) is 2.55. The van der Waals surface area contributed by atoms with E-state index in [2.05, 4.69) is 48.9 Å². The topological polar surface area (TPSA) is 29.9 Å². The average molecular weight is 223 g/mol. The second-order valence-corrected chi connectivity index (χ2v) is 5.29. The Kier molecular flexibility index (Phi) is 4.54. The van der Waals surface area contributed by atoms with Gasteiger partial charge in [-0.2, -0.15) is 5.10 Å². The fraction of sp³-hybridized carbons (Fsp3) is 0.769. The first-order valence-electron chi connectivity index (χ1n) is 6.16. The van der Waals surface area contributed by atoms with Gasteiger partial charge in [-0.15, -0.1) is 0 Å². The van der Waals surface area contributed by atoms with Crippen molar-refractivity contribution < 1.29 is 0 Å². The summed E-state index contributed by atoms with van der Waals surface area (Å²) in [5.74, 6) is 0. The van der Waals surface area contributed by atoms with Crippen molar-refractivity contribution in [1.29, 1.82) is 0 Å². The lowest BCUT2D eigenvalue weighted by atomic mass is 9.84. The molecule has 0 amide bonds. The summed E-state index contributed by atoms with van der Waals surface area (Å²) < 4.78 is 2.12. The molecular formula is C13H25N3. The third kappa shape index (κ3) is 3.63. The van der Waals surface area contributed by atoms with Crippen molar-refractivity contribution in [2.45, 2.75) is 47.1 Å². The zero-order valence-electron chi connectivity index (χ0n) is 11.3. The Balaban J connectivity index is 2.70. The molecule has 1 aromatic rings. The van der Waals surface area contributed by atoms with E-state index < -0.39 is 0 Å². The van der Waals surface area contributed by atoms with Gasteiger partial charge in [-0.05, 0) is 51.8 Å². The van der Waals surface area contributed by atoms with Crippen molar-refractivity contribution >= 4 is 0 Å². The maximum absolute atomic E-state index is 4.49. The summed E-state index contributed by atoms with van der Waals surface area (Å²) >= 11 is 0. The van der Waals surface area contributed by atoms with E-state index in [1.54, 1.807) is 0 Å². The molecule has 0 unspecified atom stereocenters. The molecule has 1 heterocycles. The molecule has 1 rings (SSSR count). The van der Waals surface area contributed by atoms with Crippen LogP contribution in [0, 0.1) is 12.3 Å². The Bertz CT molecular complexity index is 326. The molecule has 0 bridgehead atoms. The van der Waals surface area contributed by atoms with Gasteiger partial charge in [-0.3, -0.25) is 4.68 Å². The molecule has 1 N–H and O–H groups in total. The minimum absolute atomic E-state index is 0.336. The van der Waals surface area contributed by atoms with Gasteiger partial charge in [0.1, 0.15) is 0 Å². The van der Waals surface area contributed by atoms with E-state index in [0.29, 0.717) is 5.41 Å². The van der Waals surface area contributed by atoms with Crippen LogP contribution in [-0.4, -0.2) is 23.4 Å². The lowest BCUT2D eigenvalue weighted by molar-refractivity contribution is 0.320. The zero-order valence-corrected chi connectivity index (χ0v) is 11.3. The Morgan fingerprint density at radius 3 is 2.69 bits per heavy atom. The number of hydrogen-bond acceptors (Lipinski definition) is 2. The van der Waals surface area contributed by atoms with Gasteiger partial charge in [0, 0.05) is 12.2 Å². The fourth-order valence-electron chi connectivity index (χ4n) is 2.06. The minimum Gasteiger partial charge on any atom is -0.320 e. The Morgan fingerprint density at radius 2 is 2.12 bits per heavy atom. The molecule has 92 valence electrons. The standard InChI is InChI=1S/C13H25N3/c1-6-16-12(9-11(2)15-16)10-13(3,4)7-8-14-5/h9,14H,6-8,10H2,1-5H3. The predicted molar refractivity (Wildman–Crippen MR) is 68.7 cm³/mol. The second kappa shape index (κ2) is 5.48. The molecule has 0 aliphatic heterocycles. The molecular weight excluding hydrogens is 198 g/mol. The van der Waals surface area contributed by atoms with Crippen LogP contribution in [0.1, 0.15) is 38.6 Å². The number of rotatable bonds is 6. The van der Waals surface area contributed by atoms with Crippen LogP contribution < -0.4 is 5.32 Å². The van der Waals surface area contributed by atoms with Gasteiger partial charge in [0.2, 0.25) is 0 Å². The molecule has 0 aliphatic rings. The Morgan fingerprint density at radius 1 is 1.44 bits per heavy atom. The number of hydrogen-bond donors (Lipinski definition) is 1. The largest absolute Gasteiger partial charge is 0.320 e. The fourth-order valence-corrected chi connectivity index (χ4v) is 2.06. The highest BCUT2D eigenvalue weighted by molar-refractivity contribution is 5.10. The first kappa shape index (κ1) is 13.2. The first-order valence-corrected chi connectivity index (χ1v) is 6.16. The van der Waals surface area contributed by atoms with Crippen LogP contribution in [0.3, 0.4) is 0 Å². The second-order valence-electron chi connectivity index (χ2n) is 5.29. The summed E-state index contributed by atoms with van der Waals surface area (Å²) in [4.78, 5) is 0. The van der Waals surface area contributed by atoms with Crippen molar-refractivity contribution in [3.05, 3.63) is 17.5 Å². The van der Waals surface area contributed by atoms with E-state index in [9.17, 15) is 0 Å². The van der Waals surface area contributed by atoms with E-state index in [0.717, 1.165) is 25.2 Å². The quantitative estimate of drug-likeness (QED) is 0.802. The lowest BCUT2D eigenvalue weighted by Gasteiger charge is -2.24. The molecule has 0 atom stereocenters. The zero-order chi connectivity index (χ0) is 12.2. The molecule has 0 saturated heterocycles. The maximum Gasteiger partial charge on any atom is 0.0596 e. The van der Waals surface area contributed by atoms with Crippen molar-refractivity contribution in [3.8, 4) is 0 Å². The molecule has 1 aromatic heterocycles. The monoisotopic (exact) mass is 223 g/mol. The van der Waals surface area contributed by atoms with E-state index in [4.69, 9.17) is 0 Å². The van der Waals surface area contributed by atoms with Gasteiger partial charge in [0.15, 0.2) is 0 Å². The van der Waals surface area contributed by atoms with E-state index in [-0.39, 0.29) is 0 Å². The third-order valence-corrected chi connectivity index (χ3v) is 3.00. The van der Waals surface area contributed by atoms with Gasteiger partial charge in [-0.1, -0.05) is 13.8 Å². The van der Waals surface area contributed by atoms with Crippen LogP contribution in [0.15, 0.2) is 6.07 Å². The van der Waals surface area contributed by atoms with Crippen LogP contribution in [0.5, 0.6) is 0 Å². The molecule has 3 heteroatoms. The molecule has 0 saturated carbocycles. The number of nitrogens with zero attached hydrogens (tertiary/aromatic N) is 2. The molecule has 16 heavy (non-hydrogen) atoms. The van der Waals surface area contributed by atoms with Gasteiger partial charge in [0.25, 0.3) is 0 Å². The highest BCUT2D eigenvalue weighted by atomic mass is 15.3. The molecule has 0 fully saturated rings. The van der Waals surface area contributed by atoms with Crippen molar-refractivity contribution in [2.75, 3.05) is 13.6 Å². The highest BCUT2D eigenvalue weighted by Gasteiger charge is 2.20. The summed E-state index contributed by atoms with van der Waals surface area (Å²) in [7, 11) is 2.01. The number of aryl methyl sites for hydroxylation is 2. The van der Waals surface area contributed by atoms with Crippen molar-refractivity contribution in [3.63, 3.8) is 0 Å². The van der Waals surface area contributed by atoms with Crippen molar-refractivity contribution in [2.24, 2.45) is 5.41 Å². The smallest absolute Gasteiger partial charge is 0.0596 e. The Hall–Kier alpha value is -0.830. The minimum atomic E-state index is 0.336. The van der Waals surface area contributed by atoms with Crippen LogP contribution in [0.2, 0.25) is 0 Å². The number of aromatic nitrogens is 2. The van der Waals surface area contributed by atoms with Gasteiger partial charge in [0.05, 0.1) is 5.69 Å². The van der Waals surface area contributed by atoms with Crippen LogP contribution in [-0.2, 0) is 13.0 Å². The summed E-state index contributed by atoms with van der Waals surface area (Å²) in [5.41, 5.74) is 2.82. The molecule has 0 radical (unpaired) electrons. The normalized spacial score (nSPS) is 12.1. The summed E-state index contributed by atoms with van der Waals surface area (Å²) in [6.07, 6.45) is 2.29. The Labute approximate surface area is 99.2 Å². The summed E-state index contributed by atoms with van der Waals surface area (Å²) in [6.45, 7) is 10.9. The highest BCUT2D eigenvalue weighted by Crippen LogP contribution is 2.25. The van der Waals surface area contributed by atoms with Crippen LogP contribution >= 0.6 is 0 Å². The van der Waals surface area contributed by atoms with E-state index in [1.165, 1.54) is 12.1 Å². The molecule has 3 nitrogen and oxygen atoms in total. The third-order valence-electron chi connectivity index (χ3n) is 3.00. The molecule has 0 aliphatic carbocycles. The van der Waals surface area contributed by atoms with E-state index >= 15 is 0 Å². The molecule has 0 aromatic carbocycles. The van der Waals surface area contributed by atoms with Crippen molar-refractivity contribution in [1.82, 2.24) is 15.1 Å². The van der Waals surface area contributed by atoms with Crippen LogP contribution in [0.25, 0.3) is 0 Å². The maximum atomic E-state index is 4.49. The van der Waals surface area contributed by atoms with Gasteiger partial charge >= 0.3 is 0 Å². The first-order chi connectivity index (χ1) is 7.48. The van der Waals surface area contributed by atoms with Gasteiger partial charge < -0.3 is 5.32 Å². The predicted octanol–water partition coefficient (Wildman–Crippen LogP) is 2.39. The summed E-state index contributed by atoms with van der Waals surface area (Å²) in [5, 5.41) is 7.72. The molecule has 0 spiro atoms. The van der Waals surface area contributed by atoms with E-state index in [1.807, 2.05) is 7.05 Å². The van der Waals surface area contributed by atoms with Crippen LogP contribution in [0.4, 0.5) is 0 Å². The lowest BCUT2D eigenvalue weighted by Crippen LogP contribution is -2.23.